The molecule has 1 saturated heterocycles. The summed E-state index contributed by atoms with van der Waals surface area (Å²) >= 11 is 0. The molecule has 0 saturated carbocycles. The number of aromatic amines is 1. The molecular weight excluding hydrogens is 342 g/mol. The van der Waals surface area contributed by atoms with E-state index in [0.29, 0.717) is 26.1 Å². The zero-order valence-electron chi connectivity index (χ0n) is 16.2. The van der Waals surface area contributed by atoms with Crippen molar-refractivity contribution in [3.8, 4) is 0 Å². The summed E-state index contributed by atoms with van der Waals surface area (Å²) < 4.78 is 5.50. The fraction of sp³-hybridized carbons (Fsp3) is 0.524. The van der Waals surface area contributed by atoms with Crippen molar-refractivity contribution in [2.75, 3.05) is 13.1 Å². The molecule has 1 fully saturated rings. The third kappa shape index (κ3) is 3.40. The van der Waals surface area contributed by atoms with Crippen molar-refractivity contribution >= 4 is 22.9 Å². The summed E-state index contributed by atoms with van der Waals surface area (Å²) in [6.07, 6.45) is 1.97. The Bertz CT molecular complexity index is 880. The molecule has 0 radical (unpaired) electrons. The van der Waals surface area contributed by atoms with Crippen LogP contribution in [0.3, 0.4) is 0 Å². The number of rotatable bonds is 1. The summed E-state index contributed by atoms with van der Waals surface area (Å²) in [4.78, 5) is 32.7. The molecule has 6 nitrogen and oxygen atoms in total. The second-order valence-electron chi connectivity index (χ2n) is 8.47. The summed E-state index contributed by atoms with van der Waals surface area (Å²) in [7, 11) is 0. The van der Waals surface area contributed by atoms with Crippen molar-refractivity contribution in [3.63, 3.8) is 0 Å². The average Bonchev–Trinajstić information content (AvgIpc) is 3.24. The summed E-state index contributed by atoms with van der Waals surface area (Å²) in [5, 5.41) is 1.18. The molecule has 0 aliphatic carbocycles. The first-order valence-corrected chi connectivity index (χ1v) is 9.70. The van der Waals surface area contributed by atoms with Crippen molar-refractivity contribution in [3.05, 3.63) is 35.5 Å². The third-order valence-corrected chi connectivity index (χ3v) is 5.36. The van der Waals surface area contributed by atoms with E-state index in [4.69, 9.17) is 4.74 Å². The quantitative estimate of drug-likeness (QED) is 0.837. The molecule has 2 aliphatic rings. The number of fused-ring (bicyclic) bond motifs is 3. The van der Waals surface area contributed by atoms with E-state index in [1.807, 2.05) is 37.8 Å². The van der Waals surface area contributed by atoms with E-state index in [1.54, 1.807) is 4.90 Å². The highest BCUT2D eigenvalue weighted by Crippen LogP contribution is 2.29. The van der Waals surface area contributed by atoms with E-state index < -0.39 is 11.6 Å². The van der Waals surface area contributed by atoms with E-state index in [9.17, 15) is 9.59 Å². The van der Waals surface area contributed by atoms with Gasteiger partial charge in [0.05, 0.1) is 0 Å². The van der Waals surface area contributed by atoms with Gasteiger partial charge in [-0.1, -0.05) is 18.2 Å². The Morgan fingerprint density at radius 2 is 1.96 bits per heavy atom. The number of para-hydroxylation sites is 1. The molecule has 1 unspecified atom stereocenters. The molecule has 1 aromatic carbocycles. The van der Waals surface area contributed by atoms with Gasteiger partial charge in [-0.05, 0) is 39.7 Å². The molecule has 6 heteroatoms. The first-order valence-electron chi connectivity index (χ1n) is 9.70. The van der Waals surface area contributed by atoms with Crippen LogP contribution in [0.2, 0.25) is 0 Å². The Morgan fingerprint density at radius 1 is 1.19 bits per heavy atom. The van der Waals surface area contributed by atoms with Crippen molar-refractivity contribution in [2.45, 2.75) is 58.2 Å². The maximum atomic E-state index is 13.2. The van der Waals surface area contributed by atoms with Gasteiger partial charge in [0, 0.05) is 48.2 Å². The maximum Gasteiger partial charge on any atom is 0.410 e. The zero-order valence-corrected chi connectivity index (χ0v) is 16.2. The number of benzene rings is 1. The molecule has 0 spiro atoms. The van der Waals surface area contributed by atoms with E-state index in [2.05, 4.69) is 17.1 Å². The Balaban J connectivity index is 1.52. The van der Waals surface area contributed by atoms with E-state index in [0.717, 1.165) is 18.4 Å². The van der Waals surface area contributed by atoms with Crippen molar-refractivity contribution in [1.29, 1.82) is 0 Å². The molecule has 2 aliphatic heterocycles. The largest absolute Gasteiger partial charge is 0.444 e. The molecule has 144 valence electrons. The van der Waals surface area contributed by atoms with E-state index >= 15 is 0 Å². The lowest BCUT2D eigenvalue weighted by atomic mass is 10.0. The number of likely N-dealkylation sites (tertiary alicyclic amines) is 1. The van der Waals surface area contributed by atoms with Gasteiger partial charge in [0.1, 0.15) is 11.6 Å². The van der Waals surface area contributed by atoms with Gasteiger partial charge in [0.25, 0.3) is 0 Å². The van der Waals surface area contributed by atoms with Crippen LogP contribution in [0.1, 0.15) is 44.9 Å². The lowest BCUT2D eigenvalue weighted by Crippen LogP contribution is -2.50. The van der Waals surface area contributed by atoms with Crippen molar-refractivity contribution in [1.82, 2.24) is 14.8 Å². The minimum atomic E-state index is -0.558. The second-order valence-corrected chi connectivity index (χ2v) is 8.47. The molecule has 2 amide bonds. The normalized spacial score (nSPS) is 20.0. The molecule has 2 aromatic rings. The van der Waals surface area contributed by atoms with Crippen molar-refractivity contribution < 1.29 is 14.3 Å². The number of hydrogen-bond acceptors (Lipinski definition) is 3. The highest BCUT2D eigenvalue weighted by atomic mass is 16.6. The lowest BCUT2D eigenvalue weighted by Gasteiger charge is -2.33. The van der Waals surface area contributed by atoms with E-state index in [-0.39, 0.29) is 12.0 Å². The van der Waals surface area contributed by atoms with Gasteiger partial charge in [-0.2, -0.15) is 0 Å². The van der Waals surface area contributed by atoms with Crippen LogP contribution in [-0.2, 0) is 22.5 Å². The Kier molecular flexibility index (Phi) is 4.36. The van der Waals surface area contributed by atoms with Gasteiger partial charge in [0.15, 0.2) is 0 Å². The second kappa shape index (κ2) is 6.59. The summed E-state index contributed by atoms with van der Waals surface area (Å²) in [5.41, 5.74) is 2.98. The van der Waals surface area contributed by atoms with Gasteiger partial charge in [-0.15, -0.1) is 0 Å². The number of amides is 2. The molecule has 4 rings (SSSR count). The minimum absolute atomic E-state index is 0.0364. The molecule has 1 aromatic heterocycles. The van der Waals surface area contributed by atoms with Crippen LogP contribution in [0, 0.1) is 0 Å². The highest BCUT2D eigenvalue weighted by Gasteiger charge is 2.39. The average molecular weight is 369 g/mol. The van der Waals surface area contributed by atoms with Gasteiger partial charge >= 0.3 is 6.09 Å². The molecule has 1 N–H and O–H groups in total. The number of carbonyl (C=O) groups excluding carboxylic acids is 2. The molecular formula is C21H27N3O3. The zero-order chi connectivity index (χ0) is 19.2. The number of hydrogen-bond donors (Lipinski definition) is 1. The van der Waals surface area contributed by atoms with Crippen LogP contribution in [-0.4, -0.2) is 51.5 Å². The molecule has 1 atom stereocenters. The minimum Gasteiger partial charge on any atom is -0.444 e. The van der Waals surface area contributed by atoms with E-state index in [1.165, 1.54) is 16.6 Å². The molecule has 0 bridgehead atoms. The standard InChI is InChI=1S/C21H27N3O3/c1-21(2,3)27-20(26)24-11-6-9-18(24)19(25)23-12-10-17-15(13-23)14-7-4-5-8-16(14)22-17/h4-5,7-8,18,22H,6,9-13H2,1-3H3. The summed E-state index contributed by atoms with van der Waals surface area (Å²) in [5.74, 6) is 0.0364. The van der Waals surface area contributed by atoms with Crippen LogP contribution in [0.15, 0.2) is 24.3 Å². The van der Waals surface area contributed by atoms with Crippen molar-refractivity contribution in [2.24, 2.45) is 0 Å². The number of carbonyl (C=O) groups is 2. The lowest BCUT2D eigenvalue weighted by molar-refractivity contribution is -0.136. The first-order chi connectivity index (χ1) is 12.8. The van der Waals surface area contributed by atoms with Gasteiger partial charge in [0.2, 0.25) is 5.91 Å². The van der Waals surface area contributed by atoms with Gasteiger partial charge in [-0.3, -0.25) is 9.69 Å². The van der Waals surface area contributed by atoms with Crippen LogP contribution in [0.25, 0.3) is 10.9 Å². The Morgan fingerprint density at radius 3 is 2.74 bits per heavy atom. The smallest absolute Gasteiger partial charge is 0.410 e. The van der Waals surface area contributed by atoms with Crippen LogP contribution >= 0.6 is 0 Å². The molecule has 27 heavy (non-hydrogen) atoms. The molecule has 3 heterocycles. The predicted octanol–water partition coefficient (Wildman–Crippen LogP) is 3.45. The Hall–Kier alpha value is -2.50. The van der Waals surface area contributed by atoms with Gasteiger partial charge < -0.3 is 14.6 Å². The number of nitrogens with one attached hydrogen (secondary N) is 1. The number of nitrogens with zero attached hydrogens (tertiary/aromatic N) is 2. The van der Waals surface area contributed by atoms with Crippen LogP contribution < -0.4 is 0 Å². The SMILES string of the molecule is CC(C)(C)OC(=O)N1CCCC1C(=O)N1CCc2[nH]c3ccccc3c2C1. The third-order valence-electron chi connectivity index (χ3n) is 5.36. The predicted molar refractivity (Wildman–Crippen MR) is 103 cm³/mol. The van der Waals surface area contributed by atoms with Crippen LogP contribution in [0.4, 0.5) is 4.79 Å². The summed E-state index contributed by atoms with van der Waals surface area (Å²) in [6, 6.07) is 7.80. The summed E-state index contributed by atoms with van der Waals surface area (Å²) in [6.45, 7) is 7.40. The van der Waals surface area contributed by atoms with Crippen LogP contribution in [0.5, 0.6) is 0 Å². The topological polar surface area (TPSA) is 65.6 Å². The number of ether oxygens (including phenoxy) is 1. The monoisotopic (exact) mass is 369 g/mol. The van der Waals surface area contributed by atoms with Gasteiger partial charge in [-0.25, -0.2) is 4.79 Å². The number of H-pyrrole nitrogens is 1. The Labute approximate surface area is 159 Å². The highest BCUT2D eigenvalue weighted by molar-refractivity contribution is 5.89. The fourth-order valence-electron chi connectivity index (χ4n) is 4.13. The maximum absolute atomic E-state index is 13.2. The fourth-order valence-corrected chi connectivity index (χ4v) is 4.13. The first kappa shape index (κ1) is 17.9. The number of aromatic nitrogens is 1.